The largest absolute Gasteiger partial charge is 0.507 e. The van der Waals surface area contributed by atoms with Crippen LogP contribution in [0.3, 0.4) is 0 Å². The summed E-state index contributed by atoms with van der Waals surface area (Å²) >= 11 is 0. The van der Waals surface area contributed by atoms with E-state index >= 15 is 0 Å². The first-order valence-corrected chi connectivity index (χ1v) is 4.14. The van der Waals surface area contributed by atoms with Gasteiger partial charge in [0.25, 0.3) is 0 Å². The van der Waals surface area contributed by atoms with E-state index in [1.54, 1.807) is 31.4 Å². The van der Waals surface area contributed by atoms with Gasteiger partial charge in [-0.1, -0.05) is 0 Å². The number of hydrogen-bond acceptors (Lipinski definition) is 3. The lowest BCUT2D eigenvalue weighted by Crippen LogP contribution is -1.83. The summed E-state index contributed by atoms with van der Waals surface area (Å²) in [6, 6.07) is 6.74. The fourth-order valence-corrected chi connectivity index (χ4v) is 1.24. The summed E-state index contributed by atoms with van der Waals surface area (Å²) in [6.07, 6.45) is 4.16. The normalized spacial score (nSPS) is 10.1. The summed E-state index contributed by atoms with van der Waals surface area (Å²) in [7, 11) is 1.58. The standard InChI is InChI=1S/C11H9O3/c1-13-9-2-3-11(12)10(6-9)8-4-5-14-7-8/h2-6,12H,1H3. The van der Waals surface area contributed by atoms with E-state index < -0.39 is 0 Å². The first-order valence-electron chi connectivity index (χ1n) is 4.14. The molecule has 1 radical (unpaired) electrons. The SMILES string of the molecule is COc1ccc(O)c(-c2[c]occ2)c1. The zero-order valence-electron chi connectivity index (χ0n) is 7.65. The lowest BCUT2D eigenvalue weighted by molar-refractivity contribution is 0.412. The molecule has 14 heavy (non-hydrogen) atoms. The summed E-state index contributed by atoms with van der Waals surface area (Å²) in [5, 5.41) is 9.59. The Labute approximate surface area is 81.6 Å². The molecule has 0 aliphatic carbocycles. The van der Waals surface area contributed by atoms with Crippen molar-refractivity contribution in [2.45, 2.75) is 0 Å². The van der Waals surface area contributed by atoms with Gasteiger partial charge in [-0.2, -0.15) is 0 Å². The molecule has 0 saturated carbocycles. The van der Waals surface area contributed by atoms with Crippen LogP contribution in [-0.4, -0.2) is 12.2 Å². The smallest absolute Gasteiger partial charge is 0.177 e. The minimum absolute atomic E-state index is 0.184. The van der Waals surface area contributed by atoms with Gasteiger partial charge in [-0.3, -0.25) is 0 Å². The van der Waals surface area contributed by atoms with Crippen LogP contribution in [0.5, 0.6) is 11.5 Å². The molecule has 0 spiro atoms. The number of ether oxygens (including phenoxy) is 1. The second-order valence-corrected chi connectivity index (χ2v) is 2.82. The molecule has 0 saturated heterocycles. The highest BCUT2D eigenvalue weighted by atomic mass is 16.5. The molecule has 2 aromatic rings. The Kier molecular flexibility index (Phi) is 2.14. The van der Waals surface area contributed by atoms with E-state index in [9.17, 15) is 5.11 Å². The van der Waals surface area contributed by atoms with Crippen molar-refractivity contribution in [1.29, 1.82) is 0 Å². The molecule has 3 heteroatoms. The highest BCUT2D eigenvalue weighted by Crippen LogP contribution is 2.32. The molecule has 0 amide bonds. The maximum absolute atomic E-state index is 9.59. The zero-order valence-corrected chi connectivity index (χ0v) is 7.65. The van der Waals surface area contributed by atoms with Gasteiger partial charge < -0.3 is 14.3 Å². The number of phenolic OH excluding ortho intramolecular Hbond substituents is 1. The van der Waals surface area contributed by atoms with E-state index in [1.807, 2.05) is 0 Å². The Balaban J connectivity index is 2.51. The molecule has 0 unspecified atom stereocenters. The van der Waals surface area contributed by atoms with Crippen LogP contribution in [0.15, 0.2) is 34.9 Å². The van der Waals surface area contributed by atoms with Crippen molar-refractivity contribution >= 4 is 0 Å². The van der Waals surface area contributed by atoms with Gasteiger partial charge in [-0.25, -0.2) is 0 Å². The third-order valence-electron chi connectivity index (χ3n) is 1.97. The van der Waals surface area contributed by atoms with Crippen LogP contribution in [0.4, 0.5) is 0 Å². The van der Waals surface area contributed by atoms with Crippen molar-refractivity contribution in [3.8, 4) is 22.6 Å². The molecule has 2 rings (SSSR count). The van der Waals surface area contributed by atoms with Crippen LogP contribution in [-0.2, 0) is 0 Å². The third-order valence-corrected chi connectivity index (χ3v) is 1.97. The molecule has 1 heterocycles. The number of furan rings is 1. The van der Waals surface area contributed by atoms with Gasteiger partial charge in [-0.05, 0) is 24.3 Å². The number of hydrogen-bond donors (Lipinski definition) is 1. The third kappa shape index (κ3) is 1.44. The Morgan fingerprint density at radius 3 is 2.86 bits per heavy atom. The Morgan fingerprint density at radius 2 is 2.21 bits per heavy atom. The summed E-state index contributed by atoms with van der Waals surface area (Å²) < 4.78 is 9.87. The van der Waals surface area contributed by atoms with Crippen LogP contribution in [0.1, 0.15) is 0 Å². The molecule has 0 fully saturated rings. The van der Waals surface area contributed by atoms with Gasteiger partial charge in [-0.15, -0.1) is 0 Å². The molecule has 1 aromatic heterocycles. The van der Waals surface area contributed by atoms with Crippen molar-refractivity contribution in [2.24, 2.45) is 0 Å². The quantitative estimate of drug-likeness (QED) is 0.789. The van der Waals surface area contributed by atoms with Gasteiger partial charge in [0.15, 0.2) is 6.26 Å². The minimum atomic E-state index is 0.184. The van der Waals surface area contributed by atoms with Crippen molar-refractivity contribution in [1.82, 2.24) is 0 Å². The van der Waals surface area contributed by atoms with E-state index in [0.717, 1.165) is 0 Å². The van der Waals surface area contributed by atoms with Gasteiger partial charge in [0.05, 0.1) is 13.4 Å². The summed E-state index contributed by atoms with van der Waals surface area (Å²) in [6.45, 7) is 0. The Bertz CT molecular complexity index is 418. The summed E-state index contributed by atoms with van der Waals surface area (Å²) in [5.74, 6) is 0.871. The van der Waals surface area contributed by atoms with Crippen molar-refractivity contribution in [3.63, 3.8) is 0 Å². The average Bonchev–Trinajstić information content (AvgIpc) is 2.71. The average molecular weight is 189 g/mol. The van der Waals surface area contributed by atoms with E-state index in [2.05, 4.69) is 6.26 Å². The van der Waals surface area contributed by atoms with E-state index in [4.69, 9.17) is 9.15 Å². The summed E-state index contributed by atoms with van der Waals surface area (Å²) in [4.78, 5) is 0. The highest BCUT2D eigenvalue weighted by Gasteiger charge is 2.07. The molecule has 0 atom stereocenters. The van der Waals surface area contributed by atoms with E-state index in [-0.39, 0.29) is 5.75 Å². The molecule has 1 N–H and O–H groups in total. The van der Waals surface area contributed by atoms with Gasteiger partial charge in [0, 0.05) is 11.1 Å². The molecule has 1 aromatic carbocycles. The second-order valence-electron chi connectivity index (χ2n) is 2.82. The number of rotatable bonds is 2. The maximum atomic E-state index is 9.59. The number of methoxy groups -OCH3 is 1. The fourth-order valence-electron chi connectivity index (χ4n) is 1.24. The molecule has 0 aliphatic rings. The topological polar surface area (TPSA) is 42.6 Å². The van der Waals surface area contributed by atoms with Crippen LogP contribution < -0.4 is 4.74 Å². The molecular weight excluding hydrogens is 180 g/mol. The van der Waals surface area contributed by atoms with E-state index in [0.29, 0.717) is 16.9 Å². The Hall–Kier alpha value is -1.90. The molecule has 71 valence electrons. The van der Waals surface area contributed by atoms with Crippen LogP contribution in [0.25, 0.3) is 11.1 Å². The number of aromatic hydroxyl groups is 1. The lowest BCUT2D eigenvalue weighted by atomic mass is 10.1. The number of benzene rings is 1. The van der Waals surface area contributed by atoms with Crippen LogP contribution >= 0.6 is 0 Å². The maximum Gasteiger partial charge on any atom is 0.177 e. The van der Waals surface area contributed by atoms with Crippen LogP contribution in [0.2, 0.25) is 0 Å². The van der Waals surface area contributed by atoms with Crippen molar-refractivity contribution in [3.05, 3.63) is 36.8 Å². The fraction of sp³-hybridized carbons (Fsp3) is 0.0909. The molecule has 3 nitrogen and oxygen atoms in total. The molecular formula is C11H9O3. The second kappa shape index (κ2) is 3.46. The lowest BCUT2D eigenvalue weighted by Gasteiger charge is -2.04. The van der Waals surface area contributed by atoms with Crippen molar-refractivity contribution < 1.29 is 14.3 Å². The Morgan fingerprint density at radius 1 is 1.36 bits per heavy atom. The van der Waals surface area contributed by atoms with Gasteiger partial charge in [0.1, 0.15) is 11.5 Å². The van der Waals surface area contributed by atoms with Gasteiger partial charge in [0.2, 0.25) is 0 Å². The first-order chi connectivity index (χ1) is 6.81. The monoisotopic (exact) mass is 189 g/mol. The number of phenols is 1. The van der Waals surface area contributed by atoms with Gasteiger partial charge >= 0.3 is 0 Å². The zero-order chi connectivity index (χ0) is 9.97. The molecule has 0 aliphatic heterocycles. The first kappa shape index (κ1) is 8.69. The predicted molar refractivity (Wildman–Crippen MR) is 51.2 cm³/mol. The highest BCUT2D eigenvalue weighted by molar-refractivity contribution is 5.70. The predicted octanol–water partition coefficient (Wildman–Crippen LogP) is 2.46. The van der Waals surface area contributed by atoms with Crippen LogP contribution in [0, 0.1) is 6.26 Å². The summed E-state index contributed by atoms with van der Waals surface area (Å²) in [5.41, 5.74) is 1.36. The minimum Gasteiger partial charge on any atom is -0.507 e. The van der Waals surface area contributed by atoms with E-state index in [1.165, 1.54) is 6.26 Å². The molecule has 0 bridgehead atoms. The van der Waals surface area contributed by atoms with Crippen molar-refractivity contribution in [2.75, 3.05) is 7.11 Å².